The van der Waals surface area contributed by atoms with E-state index in [9.17, 15) is 9.90 Å². The second-order valence-corrected chi connectivity index (χ2v) is 9.49. The standard InChI is InChI=1S/C27H28ClN3O4/c1-18-14-22(35-17-27(2,3)33)16-30-24-9-8-21(15-23(18)24)31-12-11-29-25(26(31)32)34-13-10-19-4-6-20(28)7-5-19/h4-9,11-12,14-16,22,33H,10,13,17H2,1-3H3. The molecule has 35 heavy (non-hydrogen) atoms. The summed E-state index contributed by atoms with van der Waals surface area (Å²) in [6.07, 6.45) is 7.10. The predicted octanol–water partition coefficient (Wildman–Crippen LogP) is 4.78. The Kier molecular flexibility index (Phi) is 7.50. The van der Waals surface area contributed by atoms with Crippen molar-refractivity contribution in [3.05, 3.63) is 87.4 Å². The quantitative estimate of drug-likeness (QED) is 0.488. The zero-order valence-electron chi connectivity index (χ0n) is 19.9. The van der Waals surface area contributed by atoms with E-state index in [4.69, 9.17) is 21.1 Å². The highest BCUT2D eigenvalue weighted by Crippen LogP contribution is 2.31. The topological polar surface area (TPSA) is 85.9 Å². The van der Waals surface area contributed by atoms with E-state index in [-0.39, 0.29) is 24.2 Å². The number of halogens is 1. The molecular formula is C27H28ClN3O4. The molecule has 0 aliphatic carbocycles. The van der Waals surface area contributed by atoms with E-state index in [0.717, 1.165) is 22.4 Å². The van der Waals surface area contributed by atoms with Gasteiger partial charge in [-0.2, -0.15) is 0 Å². The van der Waals surface area contributed by atoms with Crippen molar-refractivity contribution in [2.75, 3.05) is 13.2 Å². The molecule has 182 valence electrons. The highest BCUT2D eigenvalue weighted by atomic mass is 35.5. The lowest BCUT2D eigenvalue weighted by molar-refractivity contribution is -0.0233. The number of hydrogen-bond acceptors (Lipinski definition) is 6. The van der Waals surface area contributed by atoms with Gasteiger partial charge in [-0.15, -0.1) is 0 Å². The van der Waals surface area contributed by atoms with Crippen LogP contribution in [0.3, 0.4) is 0 Å². The summed E-state index contributed by atoms with van der Waals surface area (Å²) >= 11 is 5.93. The van der Waals surface area contributed by atoms with Crippen molar-refractivity contribution in [2.45, 2.75) is 38.9 Å². The number of fused-ring (bicyclic) bond motifs is 1. The van der Waals surface area contributed by atoms with E-state index in [1.54, 1.807) is 32.5 Å². The van der Waals surface area contributed by atoms with Crippen LogP contribution in [-0.4, -0.2) is 45.8 Å². The fourth-order valence-corrected chi connectivity index (χ4v) is 3.77. The smallest absolute Gasteiger partial charge is 0.317 e. The molecule has 1 atom stereocenters. The van der Waals surface area contributed by atoms with Gasteiger partial charge in [0.25, 0.3) is 5.88 Å². The van der Waals surface area contributed by atoms with Crippen LogP contribution in [0.5, 0.6) is 5.88 Å². The molecule has 1 aliphatic heterocycles. The zero-order valence-corrected chi connectivity index (χ0v) is 20.7. The third-order valence-corrected chi connectivity index (χ3v) is 5.69. The molecule has 2 aromatic carbocycles. The zero-order chi connectivity index (χ0) is 25.0. The molecule has 1 aliphatic rings. The van der Waals surface area contributed by atoms with Crippen LogP contribution in [0.15, 0.2) is 70.7 Å². The van der Waals surface area contributed by atoms with Gasteiger partial charge in [-0.05, 0) is 68.3 Å². The largest absolute Gasteiger partial charge is 0.473 e. The first-order valence-corrected chi connectivity index (χ1v) is 11.7. The maximum Gasteiger partial charge on any atom is 0.317 e. The van der Waals surface area contributed by atoms with Gasteiger partial charge in [0.05, 0.1) is 24.5 Å². The summed E-state index contributed by atoms with van der Waals surface area (Å²) in [6.45, 7) is 5.86. The summed E-state index contributed by atoms with van der Waals surface area (Å²) in [6, 6.07) is 13.1. The van der Waals surface area contributed by atoms with Crippen LogP contribution in [0.4, 0.5) is 5.69 Å². The summed E-state index contributed by atoms with van der Waals surface area (Å²) in [5.74, 6) is 0.0433. The third-order valence-electron chi connectivity index (χ3n) is 5.44. The van der Waals surface area contributed by atoms with Gasteiger partial charge in [-0.3, -0.25) is 14.4 Å². The van der Waals surface area contributed by atoms with Crippen molar-refractivity contribution in [2.24, 2.45) is 4.99 Å². The minimum absolute atomic E-state index is 0.0433. The van der Waals surface area contributed by atoms with Gasteiger partial charge in [0, 0.05) is 41.3 Å². The molecule has 1 aromatic heterocycles. The Balaban J connectivity index is 1.52. The molecule has 0 radical (unpaired) electrons. The molecule has 4 rings (SSSR count). The second kappa shape index (κ2) is 10.6. The Bertz CT molecular complexity index is 1310. The van der Waals surface area contributed by atoms with Crippen LogP contribution in [0.1, 0.15) is 31.9 Å². The van der Waals surface area contributed by atoms with Crippen LogP contribution in [0, 0.1) is 0 Å². The Morgan fingerprint density at radius 2 is 1.94 bits per heavy atom. The third kappa shape index (κ3) is 6.45. The molecule has 1 N–H and O–H groups in total. The second-order valence-electron chi connectivity index (χ2n) is 9.05. The number of benzene rings is 2. The molecule has 7 nitrogen and oxygen atoms in total. The summed E-state index contributed by atoms with van der Waals surface area (Å²) in [7, 11) is 0. The van der Waals surface area contributed by atoms with Gasteiger partial charge < -0.3 is 14.6 Å². The molecule has 2 heterocycles. The van der Waals surface area contributed by atoms with Crippen molar-refractivity contribution < 1.29 is 14.6 Å². The first kappa shape index (κ1) is 24.9. The van der Waals surface area contributed by atoms with Crippen molar-refractivity contribution in [1.82, 2.24) is 9.55 Å². The molecule has 0 amide bonds. The Morgan fingerprint density at radius 1 is 1.17 bits per heavy atom. The van der Waals surface area contributed by atoms with Crippen LogP contribution in [0.2, 0.25) is 5.02 Å². The van der Waals surface area contributed by atoms with E-state index >= 15 is 0 Å². The first-order valence-electron chi connectivity index (χ1n) is 11.4. The van der Waals surface area contributed by atoms with Crippen molar-refractivity contribution in [1.29, 1.82) is 0 Å². The highest BCUT2D eigenvalue weighted by Gasteiger charge is 2.18. The van der Waals surface area contributed by atoms with Crippen molar-refractivity contribution >= 4 is 29.1 Å². The number of nitrogens with zero attached hydrogens (tertiary/aromatic N) is 3. The number of ether oxygens (including phenoxy) is 2. The lowest BCUT2D eigenvalue weighted by Crippen LogP contribution is -2.29. The van der Waals surface area contributed by atoms with E-state index in [0.29, 0.717) is 23.7 Å². The number of aliphatic hydroxyl groups is 1. The molecule has 0 fully saturated rings. The molecule has 0 saturated heterocycles. The summed E-state index contributed by atoms with van der Waals surface area (Å²) < 4.78 is 13.0. The van der Waals surface area contributed by atoms with E-state index in [1.807, 2.05) is 55.5 Å². The molecule has 0 saturated carbocycles. The summed E-state index contributed by atoms with van der Waals surface area (Å²) in [4.78, 5) is 21.8. The Hall–Kier alpha value is -3.26. The fourth-order valence-electron chi connectivity index (χ4n) is 3.64. The van der Waals surface area contributed by atoms with Crippen LogP contribution in [0.25, 0.3) is 11.3 Å². The van der Waals surface area contributed by atoms with E-state index in [2.05, 4.69) is 9.98 Å². The molecule has 8 heteroatoms. The van der Waals surface area contributed by atoms with Crippen LogP contribution < -0.4 is 10.3 Å². The van der Waals surface area contributed by atoms with Gasteiger partial charge in [0.1, 0.15) is 6.10 Å². The number of aromatic nitrogens is 2. The molecule has 0 spiro atoms. The van der Waals surface area contributed by atoms with Gasteiger partial charge in [0.15, 0.2) is 0 Å². The summed E-state index contributed by atoms with van der Waals surface area (Å²) in [5.41, 5.74) is 3.09. The average molecular weight is 494 g/mol. The molecule has 0 bridgehead atoms. The number of hydrogen-bond donors (Lipinski definition) is 1. The van der Waals surface area contributed by atoms with E-state index < -0.39 is 5.60 Å². The van der Waals surface area contributed by atoms with Gasteiger partial charge in [0.2, 0.25) is 0 Å². The molecule has 3 aromatic rings. The SMILES string of the molecule is CC1=CC(OCC(C)(C)O)C=Nc2ccc(-n3ccnc(OCCc4ccc(Cl)cc4)c3=O)cc21. The van der Waals surface area contributed by atoms with Crippen LogP contribution in [-0.2, 0) is 11.2 Å². The average Bonchev–Trinajstić information content (AvgIpc) is 2.98. The minimum atomic E-state index is -0.932. The Morgan fingerprint density at radius 3 is 2.69 bits per heavy atom. The monoisotopic (exact) mass is 493 g/mol. The number of aliphatic imine (C=N–C) groups is 1. The van der Waals surface area contributed by atoms with Gasteiger partial charge in [-0.25, -0.2) is 4.98 Å². The van der Waals surface area contributed by atoms with Gasteiger partial charge >= 0.3 is 5.56 Å². The molecule has 1 unspecified atom stereocenters. The van der Waals surface area contributed by atoms with E-state index in [1.165, 1.54) is 4.57 Å². The Labute approximate surface area is 209 Å². The lowest BCUT2D eigenvalue weighted by Gasteiger charge is -2.19. The maximum atomic E-state index is 13.1. The lowest BCUT2D eigenvalue weighted by atomic mass is 10.0. The highest BCUT2D eigenvalue weighted by molar-refractivity contribution is 6.30. The molecular weight excluding hydrogens is 466 g/mol. The number of allylic oxidation sites excluding steroid dienone is 1. The first-order chi connectivity index (χ1) is 16.7. The maximum absolute atomic E-state index is 13.1. The normalized spacial score (nSPS) is 15.3. The number of rotatable bonds is 8. The van der Waals surface area contributed by atoms with Crippen molar-refractivity contribution in [3.8, 4) is 11.6 Å². The predicted molar refractivity (Wildman–Crippen MR) is 138 cm³/mol. The fraction of sp³-hybridized carbons (Fsp3) is 0.296. The van der Waals surface area contributed by atoms with Crippen molar-refractivity contribution in [3.63, 3.8) is 0 Å². The minimum Gasteiger partial charge on any atom is -0.473 e. The van der Waals surface area contributed by atoms with Gasteiger partial charge in [-0.1, -0.05) is 23.7 Å². The van der Waals surface area contributed by atoms with Crippen LogP contribution >= 0.6 is 11.6 Å². The summed E-state index contributed by atoms with van der Waals surface area (Å²) in [5, 5.41) is 10.6.